The summed E-state index contributed by atoms with van der Waals surface area (Å²) in [5.74, 6) is 0. The number of hydrogen-bond donors (Lipinski definition) is 1. The van der Waals surface area contributed by atoms with Crippen LogP contribution in [0, 0.1) is 0 Å². The van der Waals surface area contributed by atoms with E-state index in [-0.39, 0.29) is 0 Å². The monoisotopic (exact) mass is 260 g/mol. The summed E-state index contributed by atoms with van der Waals surface area (Å²) in [6, 6.07) is 9.38. The molecule has 1 fully saturated rings. The van der Waals surface area contributed by atoms with Gasteiger partial charge in [0, 0.05) is 36.9 Å². The number of piperazine rings is 1. The van der Waals surface area contributed by atoms with Crippen LogP contribution in [-0.2, 0) is 0 Å². The molecule has 1 N–H and O–H groups in total. The minimum absolute atomic E-state index is 0.586. The normalized spacial score (nSPS) is 19.2. The van der Waals surface area contributed by atoms with Gasteiger partial charge in [-0.05, 0) is 28.8 Å². The van der Waals surface area contributed by atoms with Gasteiger partial charge in [0.15, 0.2) is 0 Å². The van der Waals surface area contributed by atoms with Crippen LogP contribution in [0.5, 0.6) is 0 Å². The first-order chi connectivity index (χ1) is 8.90. The number of hydrogen-bond acceptors (Lipinski definition) is 3. The fourth-order valence-corrected chi connectivity index (χ4v) is 3.93. The maximum absolute atomic E-state index is 3.44. The molecule has 1 aromatic carbocycles. The molecule has 3 heteroatoms. The molecule has 2 nitrogen and oxygen atoms in total. The largest absolute Gasteiger partial charge is 0.314 e. The van der Waals surface area contributed by atoms with Gasteiger partial charge in [0.25, 0.3) is 0 Å². The number of nitrogens with zero attached hydrogens (tertiary/aromatic N) is 1. The highest BCUT2D eigenvalue weighted by Crippen LogP contribution is 2.34. The smallest absolute Gasteiger partial charge is 0.0360 e. The van der Waals surface area contributed by atoms with Crippen LogP contribution in [0.15, 0.2) is 29.6 Å². The molecule has 0 radical (unpaired) electrons. The number of nitrogens with one attached hydrogen (secondary N) is 1. The first-order valence-corrected chi connectivity index (χ1v) is 7.69. The Bertz CT molecular complexity index is 514. The van der Waals surface area contributed by atoms with Crippen LogP contribution < -0.4 is 5.32 Å². The van der Waals surface area contributed by atoms with Gasteiger partial charge in [-0.1, -0.05) is 25.1 Å². The number of fused-ring (bicyclic) bond motifs is 1. The van der Waals surface area contributed by atoms with E-state index in [2.05, 4.69) is 46.8 Å². The molecule has 1 aromatic heterocycles. The van der Waals surface area contributed by atoms with Gasteiger partial charge < -0.3 is 5.32 Å². The maximum Gasteiger partial charge on any atom is 0.0360 e. The van der Waals surface area contributed by atoms with Crippen molar-refractivity contribution in [3.8, 4) is 0 Å². The Kier molecular flexibility index (Phi) is 3.64. The lowest BCUT2D eigenvalue weighted by atomic mass is 10.0. The maximum atomic E-state index is 3.44. The lowest BCUT2D eigenvalue weighted by Crippen LogP contribution is -2.45. The van der Waals surface area contributed by atoms with Gasteiger partial charge >= 0.3 is 0 Å². The molecule has 2 heterocycles. The Morgan fingerprint density at radius 3 is 2.83 bits per heavy atom. The average Bonchev–Trinajstić information content (AvgIpc) is 2.85. The van der Waals surface area contributed by atoms with E-state index in [0.717, 1.165) is 13.1 Å². The van der Waals surface area contributed by atoms with Gasteiger partial charge in [0.2, 0.25) is 0 Å². The molecule has 1 saturated heterocycles. The molecule has 0 unspecified atom stereocenters. The molecule has 1 aliphatic rings. The highest BCUT2D eigenvalue weighted by molar-refractivity contribution is 7.17. The van der Waals surface area contributed by atoms with Crippen LogP contribution in [0.4, 0.5) is 0 Å². The molecule has 1 atom stereocenters. The summed E-state index contributed by atoms with van der Waals surface area (Å²) < 4.78 is 1.42. The first-order valence-electron chi connectivity index (χ1n) is 6.81. The van der Waals surface area contributed by atoms with Crippen molar-refractivity contribution in [1.29, 1.82) is 0 Å². The Morgan fingerprint density at radius 2 is 2.06 bits per heavy atom. The Labute approximate surface area is 113 Å². The van der Waals surface area contributed by atoms with Gasteiger partial charge in [-0.2, -0.15) is 0 Å². The van der Waals surface area contributed by atoms with E-state index in [1.165, 1.54) is 35.2 Å². The molecular formula is C15H20N2S. The second kappa shape index (κ2) is 5.39. The third kappa shape index (κ3) is 2.18. The standard InChI is InChI=1S/C15H20N2S/c1-2-14(17-9-7-16-8-10-17)13-11-18-15-6-4-3-5-12(13)15/h3-6,11,14,16H,2,7-10H2,1H3/t14-/m1/s1. The molecule has 18 heavy (non-hydrogen) atoms. The molecule has 2 aromatic rings. The average molecular weight is 260 g/mol. The van der Waals surface area contributed by atoms with Gasteiger partial charge in [0.05, 0.1) is 0 Å². The van der Waals surface area contributed by atoms with Crippen molar-refractivity contribution in [2.75, 3.05) is 26.2 Å². The molecule has 0 saturated carbocycles. The molecule has 96 valence electrons. The Hall–Kier alpha value is -0.900. The van der Waals surface area contributed by atoms with Crippen LogP contribution >= 0.6 is 11.3 Å². The van der Waals surface area contributed by atoms with E-state index in [9.17, 15) is 0 Å². The first kappa shape index (κ1) is 12.2. The predicted octanol–water partition coefficient (Wildman–Crippen LogP) is 3.26. The third-order valence-corrected chi connectivity index (χ3v) is 4.83. The minimum Gasteiger partial charge on any atom is -0.314 e. The summed E-state index contributed by atoms with van der Waals surface area (Å²) >= 11 is 1.88. The zero-order chi connectivity index (χ0) is 12.4. The van der Waals surface area contributed by atoms with Crippen LogP contribution in [-0.4, -0.2) is 31.1 Å². The third-order valence-electron chi connectivity index (χ3n) is 3.85. The summed E-state index contributed by atoms with van der Waals surface area (Å²) in [5, 5.41) is 7.25. The summed E-state index contributed by atoms with van der Waals surface area (Å²) in [6.45, 7) is 6.89. The van der Waals surface area contributed by atoms with E-state index >= 15 is 0 Å². The molecule has 0 aliphatic carbocycles. The molecule has 0 amide bonds. The lowest BCUT2D eigenvalue weighted by Gasteiger charge is -2.34. The van der Waals surface area contributed by atoms with Gasteiger partial charge in [0.1, 0.15) is 0 Å². The van der Waals surface area contributed by atoms with Crippen LogP contribution in [0.25, 0.3) is 10.1 Å². The highest BCUT2D eigenvalue weighted by atomic mass is 32.1. The van der Waals surface area contributed by atoms with E-state index in [1.807, 2.05) is 11.3 Å². The van der Waals surface area contributed by atoms with Gasteiger partial charge in [-0.3, -0.25) is 4.90 Å². The Balaban J connectivity index is 1.95. The second-order valence-corrected chi connectivity index (χ2v) is 5.81. The predicted molar refractivity (Wildman–Crippen MR) is 79.3 cm³/mol. The van der Waals surface area contributed by atoms with E-state index in [4.69, 9.17) is 0 Å². The van der Waals surface area contributed by atoms with E-state index in [1.54, 1.807) is 0 Å². The van der Waals surface area contributed by atoms with Crippen LogP contribution in [0.1, 0.15) is 24.9 Å². The van der Waals surface area contributed by atoms with Gasteiger partial charge in [-0.15, -0.1) is 11.3 Å². The summed E-state index contributed by atoms with van der Waals surface area (Å²) in [7, 11) is 0. The zero-order valence-corrected chi connectivity index (χ0v) is 11.7. The van der Waals surface area contributed by atoms with Crippen molar-refractivity contribution in [1.82, 2.24) is 10.2 Å². The van der Waals surface area contributed by atoms with Crippen molar-refractivity contribution in [3.05, 3.63) is 35.2 Å². The number of benzene rings is 1. The van der Waals surface area contributed by atoms with Crippen molar-refractivity contribution in [3.63, 3.8) is 0 Å². The van der Waals surface area contributed by atoms with E-state index < -0.39 is 0 Å². The summed E-state index contributed by atoms with van der Waals surface area (Å²) in [5.41, 5.74) is 1.53. The molecule has 3 rings (SSSR count). The SMILES string of the molecule is CC[C@H](c1csc2ccccc12)N1CCNCC1. The van der Waals surface area contributed by atoms with Crippen molar-refractivity contribution < 1.29 is 0 Å². The highest BCUT2D eigenvalue weighted by Gasteiger charge is 2.22. The van der Waals surface area contributed by atoms with Crippen molar-refractivity contribution in [2.45, 2.75) is 19.4 Å². The number of rotatable bonds is 3. The minimum atomic E-state index is 0.586. The van der Waals surface area contributed by atoms with Crippen LogP contribution in [0.3, 0.4) is 0 Å². The zero-order valence-electron chi connectivity index (χ0n) is 10.9. The van der Waals surface area contributed by atoms with Crippen LogP contribution in [0.2, 0.25) is 0 Å². The summed E-state index contributed by atoms with van der Waals surface area (Å²) in [6.07, 6.45) is 1.20. The van der Waals surface area contributed by atoms with E-state index in [0.29, 0.717) is 6.04 Å². The van der Waals surface area contributed by atoms with Gasteiger partial charge in [-0.25, -0.2) is 0 Å². The molecule has 0 bridgehead atoms. The number of thiophene rings is 1. The lowest BCUT2D eigenvalue weighted by molar-refractivity contribution is 0.170. The Morgan fingerprint density at radius 1 is 1.28 bits per heavy atom. The van der Waals surface area contributed by atoms with Crippen molar-refractivity contribution in [2.24, 2.45) is 0 Å². The molecule has 1 aliphatic heterocycles. The van der Waals surface area contributed by atoms with Crippen molar-refractivity contribution >= 4 is 21.4 Å². The second-order valence-electron chi connectivity index (χ2n) is 4.90. The fourth-order valence-electron chi connectivity index (χ4n) is 2.92. The topological polar surface area (TPSA) is 15.3 Å². The molecule has 0 spiro atoms. The fraction of sp³-hybridized carbons (Fsp3) is 0.467. The summed E-state index contributed by atoms with van der Waals surface area (Å²) in [4.78, 5) is 2.63. The molecular weight excluding hydrogens is 240 g/mol. The quantitative estimate of drug-likeness (QED) is 0.911.